The Morgan fingerprint density at radius 1 is 1.20 bits per heavy atom. The van der Waals surface area contributed by atoms with Crippen LogP contribution in [0.3, 0.4) is 0 Å². The fourth-order valence-corrected chi connectivity index (χ4v) is 1.53. The molecule has 0 nitrogen and oxygen atoms in total. The van der Waals surface area contributed by atoms with E-state index in [9.17, 15) is 0 Å². The van der Waals surface area contributed by atoms with E-state index in [0.717, 1.165) is 17.8 Å². The van der Waals surface area contributed by atoms with E-state index in [2.05, 4.69) is 20.8 Å². The highest BCUT2D eigenvalue weighted by Gasteiger charge is 2.20. The summed E-state index contributed by atoms with van der Waals surface area (Å²) in [5.74, 6) is 2.93. The van der Waals surface area contributed by atoms with Crippen LogP contribution in [0.1, 0.15) is 46.5 Å². The molecule has 60 valence electrons. The van der Waals surface area contributed by atoms with Gasteiger partial charge in [0.05, 0.1) is 0 Å². The monoisotopic (exact) mass is 140 g/mol. The zero-order valence-corrected chi connectivity index (χ0v) is 7.56. The summed E-state index contributed by atoms with van der Waals surface area (Å²) in [6, 6.07) is 0. The first-order valence-electron chi connectivity index (χ1n) is 4.70. The summed E-state index contributed by atoms with van der Waals surface area (Å²) < 4.78 is 0. The zero-order valence-electron chi connectivity index (χ0n) is 7.56. The van der Waals surface area contributed by atoms with Gasteiger partial charge in [-0.25, -0.2) is 0 Å². The summed E-state index contributed by atoms with van der Waals surface area (Å²) in [5, 5.41) is 0. The number of rotatable bonds is 3. The first-order chi connectivity index (χ1) is 4.70. The van der Waals surface area contributed by atoms with Crippen LogP contribution in [-0.4, -0.2) is 0 Å². The molecule has 1 aliphatic carbocycles. The van der Waals surface area contributed by atoms with Crippen molar-refractivity contribution >= 4 is 0 Å². The van der Waals surface area contributed by atoms with Gasteiger partial charge < -0.3 is 0 Å². The maximum Gasteiger partial charge on any atom is -0.0412 e. The van der Waals surface area contributed by atoms with Crippen LogP contribution in [0.25, 0.3) is 0 Å². The predicted octanol–water partition coefficient (Wildman–Crippen LogP) is 3.47. The molecule has 0 spiro atoms. The van der Waals surface area contributed by atoms with E-state index in [0.29, 0.717) is 0 Å². The summed E-state index contributed by atoms with van der Waals surface area (Å²) in [6.07, 6.45) is 6.00. The Labute approximate surface area is 65.0 Å². The van der Waals surface area contributed by atoms with E-state index in [4.69, 9.17) is 0 Å². The summed E-state index contributed by atoms with van der Waals surface area (Å²) in [7, 11) is 0. The van der Waals surface area contributed by atoms with Gasteiger partial charge in [0.25, 0.3) is 0 Å². The molecule has 0 aromatic rings. The van der Waals surface area contributed by atoms with Crippen molar-refractivity contribution in [2.45, 2.75) is 46.5 Å². The summed E-state index contributed by atoms with van der Waals surface area (Å²) in [5.41, 5.74) is 0. The van der Waals surface area contributed by atoms with E-state index in [1.165, 1.54) is 25.7 Å². The Morgan fingerprint density at radius 3 is 2.10 bits per heavy atom. The van der Waals surface area contributed by atoms with Gasteiger partial charge in [0.15, 0.2) is 0 Å². The summed E-state index contributed by atoms with van der Waals surface area (Å²) in [6.45, 7) is 7.07. The van der Waals surface area contributed by atoms with Gasteiger partial charge in [0, 0.05) is 0 Å². The molecule has 0 heterocycles. The molecule has 0 amide bonds. The van der Waals surface area contributed by atoms with Crippen molar-refractivity contribution in [2.24, 2.45) is 17.8 Å². The van der Waals surface area contributed by atoms with Crippen LogP contribution in [0.2, 0.25) is 0 Å². The van der Waals surface area contributed by atoms with Crippen molar-refractivity contribution in [1.29, 1.82) is 0 Å². The highest BCUT2D eigenvalue weighted by molar-refractivity contribution is 4.72. The van der Waals surface area contributed by atoms with Gasteiger partial charge >= 0.3 is 0 Å². The topological polar surface area (TPSA) is 0 Å². The standard InChI is InChI=1S/C10H20/c1-8(2)9(3)7-10-5-4-6-10/h8-10H,4-7H2,1-3H3. The molecule has 1 fully saturated rings. The normalized spacial score (nSPS) is 22.8. The van der Waals surface area contributed by atoms with Crippen molar-refractivity contribution in [3.05, 3.63) is 0 Å². The van der Waals surface area contributed by atoms with Crippen LogP contribution in [0, 0.1) is 17.8 Å². The second kappa shape index (κ2) is 3.41. The summed E-state index contributed by atoms with van der Waals surface area (Å²) in [4.78, 5) is 0. The molecule has 1 unspecified atom stereocenters. The van der Waals surface area contributed by atoms with Gasteiger partial charge in [0.2, 0.25) is 0 Å². The molecule has 1 aliphatic rings. The summed E-state index contributed by atoms with van der Waals surface area (Å²) >= 11 is 0. The molecular weight excluding hydrogens is 120 g/mol. The van der Waals surface area contributed by atoms with Crippen molar-refractivity contribution in [1.82, 2.24) is 0 Å². The van der Waals surface area contributed by atoms with Gasteiger partial charge in [-0.05, 0) is 24.2 Å². The Hall–Kier alpha value is 0. The molecule has 0 radical (unpaired) electrons. The van der Waals surface area contributed by atoms with Crippen LogP contribution >= 0.6 is 0 Å². The molecule has 0 aliphatic heterocycles. The van der Waals surface area contributed by atoms with E-state index < -0.39 is 0 Å². The predicted molar refractivity (Wildman–Crippen MR) is 46.0 cm³/mol. The fraction of sp³-hybridized carbons (Fsp3) is 1.00. The first-order valence-corrected chi connectivity index (χ1v) is 4.70. The number of hydrogen-bond acceptors (Lipinski definition) is 0. The van der Waals surface area contributed by atoms with Gasteiger partial charge in [-0.3, -0.25) is 0 Å². The van der Waals surface area contributed by atoms with Crippen LogP contribution in [0.15, 0.2) is 0 Å². The first kappa shape index (κ1) is 8.10. The van der Waals surface area contributed by atoms with Gasteiger partial charge in [-0.15, -0.1) is 0 Å². The van der Waals surface area contributed by atoms with E-state index in [1.807, 2.05) is 0 Å². The minimum absolute atomic E-state index is 0.889. The molecule has 1 saturated carbocycles. The second-order valence-electron chi connectivity index (χ2n) is 4.25. The molecule has 10 heavy (non-hydrogen) atoms. The van der Waals surface area contributed by atoms with Crippen molar-refractivity contribution in [3.8, 4) is 0 Å². The molecule has 0 saturated heterocycles. The highest BCUT2D eigenvalue weighted by Crippen LogP contribution is 2.33. The lowest BCUT2D eigenvalue weighted by Gasteiger charge is -2.29. The van der Waals surface area contributed by atoms with Crippen LogP contribution in [0.5, 0.6) is 0 Å². The van der Waals surface area contributed by atoms with E-state index >= 15 is 0 Å². The highest BCUT2D eigenvalue weighted by atomic mass is 14.3. The Morgan fingerprint density at radius 2 is 1.80 bits per heavy atom. The largest absolute Gasteiger partial charge is 0.0625 e. The van der Waals surface area contributed by atoms with Crippen LogP contribution in [0.4, 0.5) is 0 Å². The minimum atomic E-state index is 0.889. The average Bonchev–Trinajstić information content (AvgIpc) is 1.77. The minimum Gasteiger partial charge on any atom is -0.0625 e. The Kier molecular flexibility index (Phi) is 2.76. The lowest BCUT2D eigenvalue weighted by molar-refractivity contribution is 0.228. The molecule has 0 aromatic carbocycles. The molecular formula is C10H20. The Balaban J connectivity index is 2.10. The van der Waals surface area contributed by atoms with Crippen LogP contribution < -0.4 is 0 Å². The third-order valence-corrected chi connectivity index (χ3v) is 3.07. The molecule has 1 atom stereocenters. The zero-order chi connectivity index (χ0) is 7.56. The lowest BCUT2D eigenvalue weighted by Crippen LogP contribution is -2.17. The number of hydrogen-bond donors (Lipinski definition) is 0. The molecule has 0 bridgehead atoms. The van der Waals surface area contributed by atoms with Crippen molar-refractivity contribution < 1.29 is 0 Å². The molecule has 1 rings (SSSR count). The molecule has 0 aromatic heterocycles. The second-order valence-corrected chi connectivity index (χ2v) is 4.25. The fourth-order valence-electron chi connectivity index (χ4n) is 1.53. The van der Waals surface area contributed by atoms with Crippen molar-refractivity contribution in [3.63, 3.8) is 0 Å². The van der Waals surface area contributed by atoms with Crippen LogP contribution in [-0.2, 0) is 0 Å². The quantitative estimate of drug-likeness (QED) is 0.563. The molecule has 0 N–H and O–H groups in total. The maximum atomic E-state index is 2.39. The van der Waals surface area contributed by atoms with Gasteiger partial charge in [0.1, 0.15) is 0 Å². The molecule has 0 heteroatoms. The van der Waals surface area contributed by atoms with Gasteiger partial charge in [-0.2, -0.15) is 0 Å². The van der Waals surface area contributed by atoms with Crippen molar-refractivity contribution in [2.75, 3.05) is 0 Å². The van der Waals surface area contributed by atoms with E-state index in [1.54, 1.807) is 0 Å². The van der Waals surface area contributed by atoms with Gasteiger partial charge in [-0.1, -0.05) is 40.0 Å². The van der Waals surface area contributed by atoms with E-state index in [-0.39, 0.29) is 0 Å². The maximum absolute atomic E-state index is 2.39. The SMILES string of the molecule is CC(C)C(C)CC1CCC1. The average molecular weight is 140 g/mol. The Bertz CT molecular complexity index is 90.2. The third-order valence-electron chi connectivity index (χ3n) is 3.07. The lowest BCUT2D eigenvalue weighted by atomic mass is 9.77. The smallest absolute Gasteiger partial charge is 0.0412 e. The third kappa shape index (κ3) is 2.00.